The monoisotopic (exact) mass is 538 g/mol. The number of nitrogens with one attached hydrogen (secondary N) is 2. The highest BCUT2D eigenvalue weighted by atomic mass is 19.1. The number of carboxylic acids is 1. The summed E-state index contributed by atoms with van der Waals surface area (Å²) in [4.78, 5) is 43.2. The number of carbonyl (C=O) groups is 3. The molecule has 2 aromatic carbocycles. The molecule has 1 aliphatic heterocycles. The molecule has 1 saturated carbocycles. The fourth-order valence-electron chi connectivity index (χ4n) is 6.12. The topological polar surface area (TPSA) is 129 Å². The van der Waals surface area contributed by atoms with Crippen LogP contribution in [0.15, 0.2) is 48.5 Å². The highest BCUT2D eigenvalue weighted by molar-refractivity contribution is 6.01. The molecule has 5 N–H and O–H groups in total. The van der Waals surface area contributed by atoms with Gasteiger partial charge in [0.25, 0.3) is 0 Å². The number of hydrogen-bond donors (Lipinski definition) is 4. The van der Waals surface area contributed by atoms with E-state index in [1.165, 1.54) is 18.2 Å². The average Bonchev–Trinajstić information content (AvgIpc) is 3.57. The van der Waals surface area contributed by atoms with E-state index in [9.17, 15) is 28.3 Å². The number of nitrogens with two attached hydrogens (primary N) is 1. The van der Waals surface area contributed by atoms with Gasteiger partial charge in [-0.2, -0.15) is 0 Å². The Labute approximate surface area is 224 Å². The summed E-state index contributed by atoms with van der Waals surface area (Å²) in [6.07, 6.45) is 3.08. The second-order valence-electron chi connectivity index (χ2n) is 10.6. The van der Waals surface area contributed by atoms with Crippen molar-refractivity contribution in [1.82, 2.24) is 9.88 Å². The second-order valence-corrected chi connectivity index (χ2v) is 10.6. The van der Waals surface area contributed by atoms with E-state index in [0.717, 1.165) is 5.56 Å². The maximum absolute atomic E-state index is 13.8. The third-order valence-corrected chi connectivity index (χ3v) is 8.27. The first-order valence-electron chi connectivity index (χ1n) is 13.3. The molecule has 3 aromatic rings. The van der Waals surface area contributed by atoms with Gasteiger partial charge in [-0.15, -0.1) is 0 Å². The van der Waals surface area contributed by atoms with Crippen LogP contribution in [0.3, 0.4) is 0 Å². The summed E-state index contributed by atoms with van der Waals surface area (Å²) >= 11 is 0. The Hall–Kier alpha value is -3.79. The molecule has 2 fully saturated rings. The van der Waals surface area contributed by atoms with E-state index >= 15 is 0 Å². The normalized spacial score (nSPS) is 24.0. The molecule has 0 bridgehead atoms. The molecule has 8 nitrogen and oxygen atoms in total. The minimum Gasteiger partial charge on any atom is -0.477 e. The van der Waals surface area contributed by atoms with Gasteiger partial charge in [0.2, 0.25) is 11.8 Å². The number of carboxylic acid groups (broad SMARTS) is 1. The zero-order chi connectivity index (χ0) is 27.7. The van der Waals surface area contributed by atoms with Gasteiger partial charge in [0, 0.05) is 41.0 Å². The van der Waals surface area contributed by atoms with Gasteiger partial charge in [-0.25, -0.2) is 13.6 Å². The summed E-state index contributed by atoms with van der Waals surface area (Å²) in [6.45, 7) is -0.190. The average molecular weight is 539 g/mol. The summed E-state index contributed by atoms with van der Waals surface area (Å²) < 4.78 is 26.7. The van der Waals surface area contributed by atoms with E-state index in [0.29, 0.717) is 55.2 Å². The maximum Gasteiger partial charge on any atom is 0.352 e. The fourth-order valence-corrected chi connectivity index (χ4v) is 6.12. The van der Waals surface area contributed by atoms with Gasteiger partial charge in [0.15, 0.2) is 0 Å². The quantitative estimate of drug-likeness (QED) is 0.354. The van der Waals surface area contributed by atoms with Crippen LogP contribution in [0.2, 0.25) is 0 Å². The second kappa shape index (κ2) is 11.1. The van der Waals surface area contributed by atoms with Crippen molar-refractivity contribution in [3.8, 4) is 0 Å². The molecule has 2 aliphatic rings. The number of fused-ring (bicyclic) bond motifs is 1. The zero-order valence-electron chi connectivity index (χ0n) is 21.4. The molecule has 10 heteroatoms. The highest BCUT2D eigenvalue weighted by Gasteiger charge is 2.44. The molecule has 2 heterocycles. The third-order valence-electron chi connectivity index (χ3n) is 8.27. The lowest BCUT2D eigenvalue weighted by molar-refractivity contribution is -0.141. The van der Waals surface area contributed by atoms with Gasteiger partial charge in [0.05, 0.1) is 0 Å². The summed E-state index contributed by atoms with van der Waals surface area (Å²) in [5, 5.41) is 12.8. The highest BCUT2D eigenvalue weighted by Crippen LogP contribution is 2.38. The predicted octanol–water partition coefficient (Wildman–Crippen LogP) is 4.43. The number of aromatic carboxylic acids is 1. The lowest BCUT2D eigenvalue weighted by Gasteiger charge is -2.35. The van der Waals surface area contributed by atoms with Gasteiger partial charge < -0.3 is 26.0 Å². The van der Waals surface area contributed by atoms with Crippen molar-refractivity contribution >= 4 is 34.4 Å². The Morgan fingerprint density at radius 3 is 2.44 bits per heavy atom. The van der Waals surface area contributed by atoms with Gasteiger partial charge >= 0.3 is 5.97 Å². The zero-order valence-corrected chi connectivity index (χ0v) is 21.4. The van der Waals surface area contributed by atoms with Crippen LogP contribution >= 0.6 is 0 Å². The first-order chi connectivity index (χ1) is 18.7. The summed E-state index contributed by atoms with van der Waals surface area (Å²) in [5.41, 5.74) is 7.80. The Balaban J connectivity index is 1.38. The van der Waals surface area contributed by atoms with Crippen molar-refractivity contribution in [2.24, 2.45) is 17.6 Å². The third kappa shape index (κ3) is 5.52. The number of amides is 2. The molecule has 2 amide bonds. The molecular formula is C29H32F2N4O4. The van der Waals surface area contributed by atoms with E-state index in [4.69, 9.17) is 5.73 Å². The standard InChI is InChI=1S/C29H32F2N4O4/c30-15-23(32)17-1-3-18(4-2-17)28(37)35-12-11-22(16-5-7-20(31)8-6-16)26(35)27(36)33-21-9-10-24-19(13-21)14-25(34-24)29(38)39/h5-10,13-14,17-18,22-23,26,34H,1-4,11-12,15,32H2,(H,33,36)(H,38,39)/t17-,18-,22-,23-,26+/m1/s1. The molecule has 1 saturated heterocycles. The first-order valence-corrected chi connectivity index (χ1v) is 13.3. The molecule has 1 aliphatic carbocycles. The molecule has 206 valence electrons. The maximum atomic E-state index is 13.8. The van der Waals surface area contributed by atoms with Gasteiger partial charge in [-0.05, 0) is 80.0 Å². The van der Waals surface area contributed by atoms with Crippen molar-refractivity contribution in [3.05, 3.63) is 65.6 Å². The van der Waals surface area contributed by atoms with Crippen LogP contribution < -0.4 is 11.1 Å². The van der Waals surface area contributed by atoms with E-state index in [2.05, 4.69) is 10.3 Å². The summed E-state index contributed by atoms with van der Waals surface area (Å²) in [6, 6.07) is 11.2. The molecule has 0 spiro atoms. The number of aromatic nitrogens is 1. The Bertz CT molecular complexity index is 1370. The lowest BCUT2D eigenvalue weighted by Crippen LogP contribution is -2.48. The largest absolute Gasteiger partial charge is 0.477 e. The number of anilines is 1. The number of halogens is 2. The number of H-pyrrole nitrogens is 1. The van der Waals surface area contributed by atoms with Crippen LogP contribution in [0.4, 0.5) is 14.5 Å². The van der Waals surface area contributed by atoms with Crippen LogP contribution in [0.5, 0.6) is 0 Å². The molecule has 1 aromatic heterocycles. The molecule has 3 atom stereocenters. The Morgan fingerprint density at radius 2 is 1.77 bits per heavy atom. The van der Waals surface area contributed by atoms with Crippen molar-refractivity contribution < 1.29 is 28.3 Å². The van der Waals surface area contributed by atoms with Crippen molar-refractivity contribution in [2.75, 3.05) is 18.5 Å². The van der Waals surface area contributed by atoms with Crippen LogP contribution in [0.1, 0.15) is 54.1 Å². The van der Waals surface area contributed by atoms with E-state index in [-0.39, 0.29) is 41.1 Å². The van der Waals surface area contributed by atoms with Crippen molar-refractivity contribution in [1.29, 1.82) is 0 Å². The molecule has 0 unspecified atom stereocenters. The van der Waals surface area contributed by atoms with Crippen LogP contribution in [0.25, 0.3) is 10.9 Å². The Kier molecular flexibility index (Phi) is 7.65. The predicted molar refractivity (Wildman–Crippen MR) is 143 cm³/mol. The number of benzene rings is 2. The number of carbonyl (C=O) groups excluding carboxylic acids is 2. The number of nitrogens with zero attached hydrogens (tertiary/aromatic N) is 1. The minimum absolute atomic E-state index is 0.0413. The number of likely N-dealkylation sites (tertiary alicyclic amines) is 1. The SMILES string of the molecule is N[C@H](CF)[C@H]1CC[C@H](C(=O)N2CC[C@H](c3ccc(F)cc3)[C@H]2C(=O)Nc2ccc3[nH]c(C(=O)O)cc3c2)CC1. The Morgan fingerprint density at radius 1 is 1.05 bits per heavy atom. The number of aromatic amines is 1. The van der Waals surface area contributed by atoms with Crippen LogP contribution in [-0.4, -0.2) is 58.1 Å². The van der Waals surface area contributed by atoms with Gasteiger partial charge in [0.1, 0.15) is 24.2 Å². The molecular weight excluding hydrogens is 506 g/mol. The fraction of sp³-hybridized carbons (Fsp3) is 0.414. The smallest absolute Gasteiger partial charge is 0.352 e. The van der Waals surface area contributed by atoms with Crippen molar-refractivity contribution in [2.45, 2.75) is 50.1 Å². The number of alkyl halides is 1. The van der Waals surface area contributed by atoms with Gasteiger partial charge in [-0.3, -0.25) is 9.59 Å². The minimum atomic E-state index is -1.08. The molecule has 5 rings (SSSR count). The first kappa shape index (κ1) is 26.8. The van der Waals surface area contributed by atoms with Crippen LogP contribution in [-0.2, 0) is 9.59 Å². The van der Waals surface area contributed by atoms with Crippen molar-refractivity contribution in [3.63, 3.8) is 0 Å². The molecule has 39 heavy (non-hydrogen) atoms. The molecule has 0 radical (unpaired) electrons. The van der Waals surface area contributed by atoms with E-state index < -0.39 is 24.7 Å². The number of hydrogen-bond acceptors (Lipinski definition) is 4. The van der Waals surface area contributed by atoms with E-state index in [1.54, 1.807) is 35.2 Å². The lowest BCUT2D eigenvalue weighted by atomic mass is 9.78. The summed E-state index contributed by atoms with van der Waals surface area (Å²) in [7, 11) is 0. The number of rotatable bonds is 7. The van der Waals surface area contributed by atoms with E-state index in [1.807, 2.05) is 0 Å². The van der Waals surface area contributed by atoms with Crippen LogP contribution in [0, 0.1) is 17.7 Å². The summed E-state index contributed by atoms with van der Waals surface area (Å²) in [5.74, 6) is -2.46. The van der Waals surface area contributed by atoms with Gasteiger partial charge in [-0.1, -0.05) is 12.1 Å².